The van der Waals surface area contributed by atoms with Crippen LogP contribution in [0.1, 0.15) is 39.5 Å². The number of likely N-dealkylation sites (N-methyl/N-ethyl adjacent to an activating group) is 1. The fourth-order valence-electron chi connectivity index (χ4n) is 3.22. The summed E-state index contributed by atoms with van der Waals surface area (Å²) in [4.78, 5) is 19.3. The highest BCUT2D eigenvalue weighted by atomic mass is 127. The first-order valence-corrected chi connectivity index (χ1v) is 11.5. The van der Waals surface area contributed by atoms with E-state index in [9.17, 15) is 4.79 Å². The van der Waals surface area contributed by atoms with Crippen LogP contribution in [0, 0.1) is 0 Å². The number of aliphatic imine (C=N–C) groups is 1. The Kier molecular flexibility index (Phi) is 13.4. The average Bonchev–Trinajstić information content (AvgIpc) is 2.70. The van der Waals surface area contributed by atoms with Crippen molar-refractivity contribution in [1.29, 1.82) is 0 Å². The number of nitrogens with one attached hydrogen (secondary N) is 2. The van der Waals surface area contributed by atoms with Gasteiger partial charge < -0.3 is 20.3 Å². The minimum Gasteiger partial charge on any atom is -0.376 e. The Bertz CT molecular complexity index is 635. The standard InChI is InChI=1S/C22H36N4O2S.HI/c1-17(2)28-19-12-10-18(11-13-19)25-22(24-16-21(27)26(3)4)23-14-15-29-20-8-6-5-7-9-20;/h5-9,17-19H,10-16H2,1-4H3,(H2,23,24,25);1H. The van der Waals surface area contributed by atoms with Gasteiger partial charge >= 0.3 is 0 Å². The number of benzene rings is 1. The number of rotatable bonds is 9. The third-order valence-electron chi connectivity index (χ3n) is 4.76. The number of carbonyl (C=O) groups excluding carboxylic acids is 1. The number of hydrogen-bond acceptors (Lipinski definition) is 4. The van der Waals surface area contributed by atoms with E-state index in [1.807, 2.05) is 6.07 Å². The zero-order valence-electron chi connectivity index (χ0n) is 18.6. The summed E-state index contributed by atoms with van der Waals surface area (Å²) in [6, 6.07) is 10.7. The van der Waals surface area contributed by atoms with Crippen molar-refractivity contribution in [3.05, 3.63) is 30.3 Å². The predicted molar refractivity (Wildman–Crippen MR) is 137 cm³/mol. The maximum atomic E-state index is 11.9. The van der Waals surface area contributed by atoms with Crippen LogP contribution in [0.5, 0.6) is 0 Å². The lowest BCUT2D eigenvalue weighted by atomic mass is 9.93. The zero-order valence-corrected chi connectivity index (χ0v) is 21.7. The van der Waals surface area contributed by atoms with E-state index in [2.05, 4.69) is 53.7 Å². The molecule has 0 unspecified atom stereocenters. The first-order chi connectivity index (χ1) is 13.9. The highest BCUT2D eigenvalue weighted by molar-refractivity contribution is 14.0. The average molecular weight is 549 g/mol. The molecule has 0 aromatic heterocycles. The molecule has 0 heterocycles. The third-order valence-corrected chi connectivity index (χ3v) is 5.77. The van der Waals surface area contributed by atoms with E-state index in [0.29, 0.717) is 12.1 Å². The number of thioether (sulfide) groups is 1. The molecule has 0 radical (unpaired) electrons. The lowest BCUT2D eigenvalue weighted by Gasteiger charge is -2.31. The summed E-state index contributed by atoms with van der Waals surface area (Å²) in [5, 5.41) is 6.92. The van der Waals surface area contributed by atoms with Crippen molar-refractivity contribution in [3.8, 4) is 0 Å². The van der Waals surface area contributed by atoms with E-state index < -0.39 is 0 Å². The molecule has 30 heavy (non-hydrogen) atoms. The van der Waals surface area contributed by atoms with Crippen LogP contribution in [-0.2, 0) is 9.53 Å². The number of hydrogen-bond donors (Lipinski definition) is 2. The molecule has 1 aromatic carbocycles. The maximum absolute atomic E-state index is 11.9. The smallest absolute Gasteiger partial charge is 0.243 e. The largest absolute Gasteiger partial charge is 0.376 e. The molecule has 0 spiro atoms. The lowest BCUT2D eigenvalue weighted by Crippen LogP contribution is -2.46. The second-order valence-electron chi connectivity index (χ2n) is 7.84. The van der Waals surface area contributed by atoms with Gasteiger partial charge in [0.1, 0.15) is 6.54 Å². The molecule has 1 aromatic rings. The van der Waals surface area contributed by atoms with Gasteiger partial charge in [0.15, 0.2) is 5.96 Å². The monoisotopic (exact) mass is 548 g/mol. The molecule has 2 N–H and O–H groups in total. The van der Waals surface area contributed by atoms with Crippen molar-refractivity contribution in [1.82, 2.24) is 15.5 Å². The maximum Gasteiger partial charge on any atom is 0.243 e. The topological polar surface area (TPSA) is 66.0 Å². The van der Waals surface area contributed by atoms with Gasteiger partial charge in [-0.2, -0.15) is 0 Å². The molecule has 1 saturated carbocycles. The molecule has 1 amide bonds. The highest BCUT2D eigenvalue weighted by Crippen LogP contribution is 2.22. The summed E-state index contributed by atoms with van der Waals surface area (Å²) in [5.41, 5.74) is 0. The van der Waals surface area contributed by atoms with Crippen molar-refractivity contribution in [2.24, 2.45) is 4.99 Å². The van der Waals surface area contributed by atoms with Crippen molar-refractivity contribution in [3.63, 3.8) is 0 Å². The predicted octanol–water partition coefficient (Wildman–Crippen LogP) is 3.76. The van der Waals surface area contributed by atoms with Gasteiger partial charge in [-0.05, 0) is 51.7 Å². The molecular weight excluding hydrogens is 511 g/mol. The van der Waals surface area contributed by atoms with E-state index in [0.717, 1.165) is 43.9 Å². The van der Waals surface area contributed by atoms with Crippen LogP contribution in [0.4, 0.5) is 0 Å². The number of guanidine groups is 1. The van der Waals surface area contributed by atoms with Gasteiger partial charge in [0.05, 0.1) is 12.2 Å². The SMILES string of the molecule is CC(C)OC1CCC(NC(=NCC(=O)N(C)C)NCCSc2ccccc2)CC1.I. The van der Waals surface area contributed by atoms with Crippen LogP contribution in [0.25, 0.3) is 0 Å². The van der Waals surface area contributed by atoms with Gasteiger partial charge in [0.25, 0.3) is 0 Å². The Morgan fingerprint density at radius 3 is 2.47 bits per heavy atom. The number of halogens is 1. The molecule has 0 aliphatic heterocycles. The van der Waals surface area contributed by atoms with Crippen molar-refractivity contribution >= 4 is 47.6 Å². The summed E-state index contributed by atoms with van der Waals surface area (Å²) in [5.74, 6) is 1.65. The van der Waals surface area contributed by atoms with E-state index in [1.165, 1.54) is 4.90 Å². The molecule has 170 valence electrons. The first-order valence-electron chi connectivity index (χ1n) is 10.5. The summed E-state index contributed by atoms with van der Waals surface area (Å²) < 4.78 is 5.94. The summed E-state index contributed by atoms with van der Waals surface area (Å²) in [6.07, 6.45) is 4.87. The highest BCUT2D eigenvalue weighted by Gasteiger charge is 2.23. The second kappa shape index (κ2) is 14.9. The van der Waals surface area contributed by atoms with Crippen molar-refractivity contribution in [2.75, 3.05) is 32.9 Å². The van der Waals surface area contributed by atoms with Crippen LogP contribution in [0.15, 0.2) is 40.2 Å². The van der Waals surface area contributed by atoms with Gasteiger partial charge in [-0.25, -0.2) is 4.99 Å². The molecule has 0 saturated heterocycles. The normalized spacial score (nSPS) is 19.2. The van der Waals surface area contributed by atoms with Crippen molar-refractivity contribution < 1.29 is 9.53 Å². The van der Waals surface area contributed by atoms with Gasteiger partial charge in [-0.1, -0.05) is 18.2 Å². The lowest BCUT2D eigenvalue weighted by molar-refractivity contribution is -0.127. The molecule has 2 rings (SSSR count). The fourth-order valence-corrected chi connectivity index (χ4v) is 4.01. The van der Waals surface area contributed by atoms with Gasteiger partial charge in [-0.3, -0.25) is 4.79 Å². The molecular formula is C22H37IN4O2S. The quantitative estimate of drug-likeness (QED) is 0.162. The van der Waals surface area contributed by atoms with E-state index in [-0.39, 0.29) is 42.5 Å². The Morgan fingerprint density at radius 2 is 1.87 bits per heavy atom. The van der Waals surface area contributed by atoms with Crippen LogP contribution in [0.2, 0.25) is 0 Å². The number of nitrogens with zero attached hydrogens (tertiary/aromatic N) is 2. The number of carbonyl (C=O) groups is 1. The molecule has 6 nitrogen and oxygen atoms in total. The summed E-state index contributed by atoms with van der Waals surface area (Å²) in [7, 11) is 3.51. The van der Waals surface area contributed by atoms with E-state index in [1.54, 1.807) is 30.8 Å². The Labute approximate surface area is 203 Å². The zero-order chi connectivity index (χ0) is 21.1. The van der Waals surface area contributed by atoms with E-state index in [4.69, 9.17) is 4.74 Å². The van der Waals surface area contributed by atoms with Gasteiger partial charge in [0, 0.05) is 37.3 Å². The molecule has 0 bridgehead atoms. The summed E-state index contributed by atoms with van der Waals surface area (Å²) in [6.45, 7) is 5.12. The van der Waals surface area contributed by atoms with Crippen LogP contribution < -0.4 is 10.6 Å². The Balaban J connectivity index is 0.00000450. The molecule has 8 heteroatoms. The first kappa shape index (κ1) is 27.0. The third kappa shape index (κ3) is 10.9. The minimum absolute atomic E-state index is 0. The second-order valence-corrected chi connectivity index (χ2v) is 9.01. The Hall–Kier alpha value is -1.000. The molecule has 1 fully saturated rings. The molecule has 1 aliphatic rings. The Morgan fingerprint density at radius 1 is 1.20 bits per heavy atom. The van der Waals surface area contributed by atoms with Crippen LogP contribution in [-0.4, -0.2) is 68.0 Å². The van der Waals surface area contributed by atoms with Crippen LogP contribution >= 0.6 is 35.7 Å². The van der Waals surface area contributed by atoms with E-state index >= 15 is 0 Å². The van der Waals surface area contributed by atoms with Gasteiger partial charge in [-0.15, -0.1) is 35.7 Å². The number of ether oxygens (including phenoxy) is 1. The van der Waals surface area contributed by atoms with Crippen molar-refractivity contribution in [2.45, 2.75) is 62.7 Å². The molecule has 0 atom stereocenters. The van der Waals surface area contributed by atoms with Gasteiger partial charge in [0.2, 0.25) is 5.91 Å². The van der Waals surface area contributed by atoms with Crippen LogP contribution in [0.3, 0.4) is 0 Å². The minimum atomic E-state index is -0.00111. The summed E-state index contributed by atoms with van der Waals surface area (Å²) >= 11 is 1.81. The number of amides is 1. The molecule has 1 aliphatic carbocycles. The fraction of sp³-hybridized carbons (Fsp3) is 0.636.